The molecule has 0 aromatic heterocycles. The van der Waals surface area contributed by atoms with Crippen molar-refractivity contribution >= 4 is 12.6 Å². The summed E-state index contributed by atoms with van der Waals surface area (Å²) in [5.41, 5.74) is -0.566. The summed E-state index contributed by atoms with van der Waals surface area (Å²) in [7, 11) is 1.31. The molecule has 5 nitrogen and oxygen atoms in total. The van der Waals surface area contributed by atoms with Crippen LogP contribution in [0, 0.1) is 5.92 Å². The highest BCUT2D eigenvalue weighted by Crippen LogP contribution is 2.43. The van der Waals surface area contributed by atoms with E-state index in [1.54, 1.807) is 0 Å². The number of ether oxygens (including phenoxy) is 2. The molecule has 1 N–H and O–H groups in total. The minimum absolute atomic E-state index is 0. The lowest BCUT2D eigenvalue weighted by atomic mass is 10.2. The van der Waals surface area contributed by atoms with Gasteiger partial charge in [-0.1, -0.05) is 6.08 Å². The van der Waals surface area contributed by atoms with Gasteiger partial charge in [0.2, 0.25) is 0 Å². The molecule has 1 aliphatic rings. The smallest absolute Gasteiger partial charge is 0.408 e. The van der Waals surface area contributed by atoms with Gasteiger partial charge in [0.15, 0.2) is 0 Å². The number of methoxy groups -OCH3 is 1. The van der Waals surface area contributed by atoms with E-state index in [2.05, 4.69) is 16.6 Å². The van der Waals surface area contributed by atoms with Crippen molar-refractivity contribution in [1.29, 1.82) is 0 Å². The molecule has 1 amide bonds. The summed E-state index contributed by atoms with van der Waals surface area (Å²) in [6, 6.07) is 0. The van der Waals surface area contributed by atoms with E-state index in [1.807, 2.05) is 33.8 Å². The molecular formula is C13H25NO4. The van der Waals surface area contributed by atoms with Gasteiger partial charge < -0.3 is 14.8 Å². The normalized spacial score (nSPS) is 25.1. The van der Waals surface area contributed by atoms with Crippen LogP contribution in [0.2, 0.25) is 0 Å². The van der Waals surface area contributed by atoms with Crippen LogP contribution in [0.5, 0.6) is 0 Å². The summed E-state index contributed by atoms with van der Waals surface area (Å²) in [6.45, 7) is 11.6. The van der Waals surface area contributed by atoms with Crippen molar-refractivity contribution in [1.82, 2.24) is 5.32 Å². The summed E-state index contributed by atoms with van der Waals surface area (Å²) in [4.78, 5) is 20.4. The third kappa shape index (κ3) is 6.27. The van der Waals surface area contributed by atoms with Crippen molar-refractivity contribution in [2.24, 2.45) is 5.92 Å². The van der Waals surface area contributed by atoms with E-state index in [-0.39, 0.29) is 13.1 Å². The molecule has 18 heavy (non-hydrogen) atoms. The highest BCUT2D eigenvalue weighted by Gasteiger charge is 2.49. The SMILES string of the molecule is C=C[C@H]1C[C@]1(C)NC(=O)OC(C)(C)C.COC=O.[HH]. The largest absolute Gasteiger partial charge is 0.471 e. The van der Waals surface area contributed by atoms with Gasteiger partial charge in [0.1, 0.15) is 5.60 Å². The molecule has 2 atom stereocenters. The fourth-order valence-electron chi connectivity index (χ4n) is 1.42. The van der Waals surface area contributed by atoms with Crippen molar-refractivity contribution in [3.05, 3.63) is 12.7 Å². The summed E-state index contributed by atoms with van der Waals surface area (Å²) >= 11 is 0. The van der Waals surface area contributed by atoms with Crippen molar-refractivity contribution in [2.45, 2.75) is 45.3 Å². The van der Waals surface area contributed by atoms with Crippen LogP contribution >= 0.6 is 0 Å². The van der Waals surface area contributed by atoms with Crippen molar-refractivity contribution in [3.8, 4) is 0 Å². The lowest BCUT2D eigenvalue weighted by Gasteiger charge is -2.22. The molecule has 0 aromatic carbocycles. The standard InChI is InChI=1S/C11H19NO2.C2H4O2.H2/c1-6-8-7-11(8,5)12-9(13)14-10(2,3)4;1-4-2-3;/h6,8H,1,7H2,2-5H3,(H,12,13);2H,1H3;1H/t8-,11-;;/m0../s1. The van der Waals surface area contributed by atoms with Crippen LogP contribution in [0.15, 0.2) is 12.7 Å². The lowest BCUT2D eigenvalue weighted by Crippen LogP contribution is -2.40. The van der Waals surface area contributed by atoms with Crippen LogP contribution < -0.4 is 5.32 Å². The van der Waals surface area contributed by atoms with Crippen LogP contribution in [-0.2, 0) is 14.3 Å². The third-order valence-corrected chi connectivity index (χ3v) is 2.47. The maximum absolute atomic E-state index is 11.4. The highest BCUT2D eigenvalue weighted by molar-refractivity contribution is 5.69. The van der Waals surface area contributed by atoms with Gasteiger partial charge in [-0.15, -0.1) is 6.58 Å². The lowest BCUT2D eigenvalue weighted by molar-refractivity contribution is -0.126. The molecule has 1 rings (SSSR count). The Balaban J connectivity index is 0. The first-order valence-corrected chi connectivity index (χ1v) is 5.78. The zero-order valence-electron chi connectivity index (χ0n) is 11.8. The monoisotopic (exact) mass is 259 g/mol. The predicted octanol–water partition coefficient (Wildman–Crippen LogP) is 2.51. The molecule has 0 aromatic rings. The first-order chi connectivity index (χ1) is 8.18. The maximum atomic E-state index is 11.4. The predicted molar refractivity (Wildman–Crippen MR) is 71.3 cm³/mol. The number of amides is 1. The Morgan fingerprint density at radius 3 is 2.33 bits per heavy atom. The van der Waals surface area contributed by atoms with E-state index in [0.29, 0.717) is 12.4 Å². The first-order valence-electron chi connectivity index (χ1n) is 5.78. The molecular weight excluding hydrogens is 234 g/mol. The van der Waals surface area contributed by atoms with Crippen molar-refractivity contribution in [2.75, 3.05) is 7.11 Å². The van der Waals surface area contributed by atoms with Crippen molar-refractivity contribution < 1.29 is 20.5 Å². The number of hydrogen-bond acceptors (Lipinski definition) is 4. The van der Waals surface area contributed by atoms with Gasteiger partial charge in [-0.2, -0.15) is 0 Å². The number of rotatable bonds is 3. The Kier molecular flexibility index (Phi) is 5.88. The van der Waals surface area contributed by atoms with E-state index >= 15 is 0 Å². The fraction of sp³-hybridized carbons (Fsp3) is 0.692. The molecule has 5 heteroatoms. The molecule has 0 unspecified atom stereocenters. The van der Waals surface area contributed by atoms with Gasteiger partial charge in [-0.05, 0) is 34.1 Å². The van der Waals surface area contributed by atoms with Gasteiger partial charge in [0.05, 0.1) is 7.11 Å². The van der Waals surface area contributed by atoms with Crippen LogP contribution in [-0.4, -0.2) is 30.8 Å². The quantitative estimate of drug-likeness (QED) is 0.624. The molecule has 0 spiro atoms. The van der Waals surface area contributed by atoms with E-state index in [9.17, 15) is 4.79 Å². The molecule has 0 bridgehead atoms. The number of nitrogens with one attached hydrogen (secondary N) is 1. The second-order valence-electron chi connectivity index (χ2n) is 5.42. The van der Waals surface area contributed by atoms with Gasteiger partial charge >= 0.3 is 6.09 Å². The molecule has 0 aliphatic heterocycles. The van der Waals surface area contributed by atoms with E-state index in [1.165, 1.54) is 7.11 Å². The molecule has 1 saturated carbocycles. The molecule has 0 heterocycles. The van der Waals surface area contributed by atoms with Crippen LogP contribution in [0.25, 0.3) is 0 Å². The topological polar surface area (TPSA) is 64.6 Å². The maximum Gasteiger partial charge on any atom is 0.408 e. The first kappa shape index (κ1) is 16.5. The van der Waals surface area contributed by atoms with Crippen LogP contribution in [0.4, 0.5) is 4.79 Å². The summed E-state index contributed by atoms with van der Waals surface area (Å²) < 4.78 is 9.02. The molecule has 0 saturated heterocycles. The third-order valence-electron chi connectivity index (χ3n) is 2.47. The molecule has 0 radical (unpaired) electrons. The Hall–Kier alpha value is -1.52. The Bertz CT molecular complexity index is 314. The zero-order chi connectivity index (χ0) is 14.4. The van der Waals surface area contributed by atoms with Gasteiger partial charge in [0.25, 0.3) is 6.47 Å². The summed E-state index contributed by atoms with van der Waals surface area (Å²) in [5, 5.41) is 2.86. The Labute approximate surface area is 110 Å². The van der Waals surface area contributed by atoms with Gasteiger partial charge in [-0.3, -0.25) is 4.79 Å². The van der Waals surface area contributed by atoms with E-state index in [4.69, 9.17) is 9.53 Å². The minimum atomic E-state index is -0.432. The number of carbonyl (C=O) groups excluding carboxylic acids is 2. The summed E-state index contributed by atoms with van der Waals surface area (Å²) in [5.74, 6) is 0.384. The average molecular weight is 259 g/mol. The van der Waals surface area contributed by atoms with Crippen molar-refractivity contribution in [3.63, 3.8) is 0 Å². The number of alkyl carbamates (subject to hydrolysis) is 1. The number of carbonyl (C=O) groups is 2. The van der Waals surface area contributed by atoms with Crippen LogP contribution in [0.3, 0.4) is 0 Å². The van der Waals surface area contributed by atoms with Gasteiger partial charge in [-0.25, -0.2) is 4.79 Å². The highest BCUT2D eigenvalue weighted by atomic mass is 16.6. The second-order valence-corrected chi connectivity index (χ2v) is 5.42. The van der Waals surface area contributed by atoms with Crippen LogP contribution in [0.1, 0.15) is 35.5 Å². The van der Waals surface area contributed by atoms with E-state index in [0.717, 1.165) is 6.42 Å². The second kappa shape index (κ2) is 6.42. The zero-order valence-corrected chi connectivity index (χ0v) is 11.8. The van der Waals surface area contributed by atoms with Gasteiger partial charge in [0, 0.05) is 12.9 Å². The Morgan fingerprint density at radius 1 is 1.56 bits per heavy atom. The molecule has 1 aliphatic carbocycles. The summed E-state index contributed by atoms with van der Waals surface area (Å²) in [6.07, 6.45) is 2.48. The average Bonchev–Trinajstić information content (AvgIpc) is 2.86. The minimum Gasteiger partial charge on any atom is -0.471 e. The Morgan fingerprint density at radius 2 is 2.06 bits per heavy atom. The molecule has 1 fully saturated rings. The molecule has 106 valence electrons. The number of hydrogen-bond donors (Lipinski definition) is 1. The fourth-order valence-corrected chi connectivity index (χ4v) is 1.42. The van der Waals surface area contributed by atoms with E-state index < -0.39 is 5.60 Å².